The van der Waals surface area contributed by atoms with E-state index in [0.717, 1.165) is 16.6 Å². The van der Waals surface area contributed by atoms with Crippen LogP contribution in [0.15, 0.2) is 54.7 Å². The minimum absolute atomic E-state index is 0.0711. The average molecular weight is 323 g/mol. The summed E-state index contributed by atoms with van der Waals surface area (Å²) in [5.41, 5.74) is 2.68. The smallest absolute Gasteiger partial charge is 0.267 e. The van der Waals surface area contributed by atoms with Crippen LogP contribution in [-0.2, 0) is 17.7 Å². The highest BCUT2D eigenvalue weighted by Gasteiger charge is 2.14. The van der Waals surface area contributed by atoms with Gasteiger partial charge >= 0.3 is 0 Å². The van der Waals surface area contributed by atoms with Crippen LogP contribution in [0.3, 0.4) is 0 Å². The first-order valence-electron chi connectivity index (χ1n) is 8.05. The molecule has 5 nitrogen and oxygen atoms in total. The van der Waals surface area contributed by atoms with Gasteiger partial charge in [0.15, 0.2) is 0 Å². The summed E-state index contributed by atoms with van der Waals surface area (Å²) in [6.45, 7) is 1.77. The summed E-state index contributed by atoms with van der Waals surface area (Å²) in [7, 11) is 1.66. The number of rotatable bonds is 7. The number of aromatic nitrogens is 2. The molecule has 124 valence electrons. The molecule has 0 radical (unpaired) electrons. The zero-order valence-electron chi connectivity index (χ0n) is 13.7. The molecule has 1 aromatic carbocycles. The van der Waals surface area contributed by atoms with E-state index < -0.39 is 0 Å². The number of pyridine rings is 1. The molecule has 0 aliphatic heterocycles. The summed E-state index contributed by atoms with van der Waals surface area (Å²) >= 11 is 0. The van der Waals surface area contributed by atoms with Crippen molar-refractivity contribution in [2.24, 2.45) is 0 Å². The highest BCUT2D eigenvalue weighted by atomic mass is 16.5. The quantitative estimate of drug-likeness (QED) is 0.727. The molecule has 1 amide bonds. The van der Waals surface area contributed by atoms with E-state index in [2.05, 4.69) is 10.3 Å². The lowest BCUT2D eigenvalue weighted by atomic mass is 10.2. The van der Waals surface area contributed by atoms with Crippen molar-refractivity contribution in [3.05, 3.63) is 66.1 Å². The predicted octanol–water partition coefficient (Wildman–Crippen LogP) is 2.66. The maximum absolute atomic E-state index is 12.6. The van der Waals surface area contributed by atoms with Gasteiger partial charge in [0, 0.05) is 49.4 Å². The number of nitrogens with zero attached hydrogens (tertiary/aromatic N) is 2. The van der Waals surface area contributed by atoms with Gasteiger partial charge in [-0.15, -0.1) is 0 Å². The first-order chi connectivity index (χ1) is 11.8. The van der Waals surface area contributed by atoms with E-state index in [9.17, 15) is 4.79 Å². The van der Waals surface area contributed by atoms with Crippen molar-refractivity contribution in [1.29, 1.82) is 0 Å². The van der Waals surface area contributed by atoms with Crippen LogP contribution in [-0.4, -0.2) is 35.7 Å². The van der Waals surface area contributed by atoms with Crippen molar-refractivity contribution in [2.75, 3.05) is 20.3 Å². The molecule has 5 heteroatoms. The van der Waals surface area contributed by atoms with Gasteiger partial charge in [-0.05, 0) is 24.3 Å². The van der Waals surface area contributed by atoms with Crippen LogP contribution in [0.25, 0.3) is 10.9 Å². The van der Waals surface area contributed by atoms with E-state index in [0.29, 0.717) is 31.8 Å². The number of nitrogens with one attached hydrogen (secondary N) is 1. The van der Waals surface area contributed by atoms with Crippen LogP contribution in [0.1, 0.15) is 16.2 Å². The molecule has 2 heterocycles. The number of ether oxygens (including phenoxy) is 1. The standard InChI is InChI=1S/C19H21N3O2/c1-24-13-12-22-17-8-3-2-6-15(17)14-18(22)19(23)21-11-9-16-7-4-5-10-20-16/h2-8,10,14H,9,11-13H2,1H3,(H,21,23). The van der Waals surface area contributed by atoms with Gasteiger partial charge in [0.25, 0.3) is 5.91 Å². The lowest BCUT2D eigenvalue weighted by Gasteiger charge is -2.10. The van der Waals surface area contributed by atoms with Crippen LogP contribution >= 0.6 is 0 Å². The van der Waals surface area contributed by atoms with E-state index in [1.807, 2.05) is 53.1 Å². The Morgan fingerprint density at radius 3 is 2.83 bits per heavy atom. The van der Waals surface area contributed by atoms with Gasteiger partial charge in [-0.1, -0.05) is 24.3 Å². The molecule has 0 spiro atoms. The Balaban J connectivity index is 1.73. The lowest BCUT2D eigenvalue weighted by Crippen LogP contribution is -2.28. The molecule has 0 saturated carbocycles. The normalized spacial score (nSPS) is 10.9. The fraction of sp³-hybridized carbons (Fsp3) is 0.263. The molecule has 0 aliphatic carbocycles. The largest absolute Gasteiger partial charge is 0.383 e. The number of para-hydroxylation sites is 1. The second-order valence-corrected chi connectivity index (χ2v) is 5.56. The highest BCUT2D eigenvalue weighted by molar-refractivity contribution is 5.98. The summed E-state index contributed by atoms with van der Waals surface area (Å²) < 4.78 is 7.19. The Bertz CT molecular complexity index is 812. The summed E-state index contributed by atoms with van der Waals surface area (Å²) in [5, 5.41) is 4.04. The Morgan fingerprint density at radius 1 is 1.21 bits per heavy atom. The van der Waals surface area contributed by atoms with Crippen molar-refractivity contribution < 1.29 is 9.53 Å². The maximum atomic E-state index is 12.6. The maximum Gasteiger partial charge on any atom is 0.267 e. The lowest BCUT2D eigenvalue weighted by molar-refractivity contribution is 0.0942. The Labute approximate surface area is 141 Å². The highest BCUT2D eigenvalue weighted by Crippen LogP contribution is 2.19. The van der Waals surface area contributed by atoms with Crippen LogP contribution in [0, 0.1) is 0 Å². The minimum Gasteiger partial charge on any atom is -0.383 e. The van der Waals surface area contributed by atoms with Gasteiger partial charge in [-0.25, -0.2) is 0 Å². The number of benzene rings is 1. The van der Waals surface area contributed by atoms with Crippen LogP contribution in [0.4, 0.5) is 0 Å². The third-order valence-corrected chi connectivity index (χ3v) is 3.96. The van der Waals surface area contributed by atoms with Crippen molar-refractivity contribution in [3.8, 4) is 0 Å². The molecule has 0 fully saturated rings. The summed E-state index contributed by atoms with van der Waals surface area (Å²) in [5.74, 6) is -0.0711. The topological polar surface area (TPSA) is 56.1 Å². The molecule has 24 heavy (non-hydrogen) atoms. The molecular formula is C19H21N3O2. The predicted molar refractivity (Wildman–Crippen MR) is 94.1 cm³/mol. The molecule has 0 aliphatic rings. The SMILES string of the molecule is COCCn1c(C(=O)NCCc2ccccn2)cc2ccccc21. The number of carbonyl (C=O) groups is 1. The second-order valence-electron chi connectivity index (χ2n) is 5.56. The number of fused-ring (bicyclic) bond motifs is 1. The summed E-state index contributed by atoms with van der Waals surface area (Å²) in [6.07, 6.45) is 2.48. The number of hydrogen-bond donors (Lipinski definition) is 1. The van der Waals surface area contributed by atoms with Crippen LogP contribution < -0.4 is 5.32 Å². The van der Waals surface area contributed by atoms with Crippen LogP contribution in [0.2, 0.25) is 0 Å². The van der Waals surface area contributed by atoms with E-state index in [-0.39, 0.29) is 5.91 Å². The van der Waals surface area contributed by atoms with Crippen molar-refractivity contribution in [1.82, 2.24) is 14.9 Å². The van der Waals surface area contributed by atoms with Gasteiger partial charge in [0.1, 0.15) is 5.69 Å². The van der Waals surface area contributed by atoms with E-state index in [4.69, 9.17) is 4.74 Å². The molecular weight excluding hydrogens is 302 g/mol. The monoisotopic (exact) mass is 323 g/mol. The first kappa shape index (κ1) is 16.2. The molecule has 3 rings (SSSR count). The molecule has 3 aromatic rings. The van der Waals surface area contributed by atoms with E-state index in [1.54, 1.807) is 13.3 Å². The zero-order valence-corrected chi connectivity index (χ0v) is 13.7. The number of amides is 1. The first-order valence-corrected chi connectivity index (χ1v) is 8.05. The fourth-order valence-corrected chi connectivity index (χ4v) is 2.76. The van der Waals surface area contributed by atoms with Crippen molar-refractivity contribution in [3.63, 3.8) is 0 Å². The second kappa shape index (κ2) is 7.75. The minimum atomic E-state index is -0.0711. The Morgan fingerprint density at radius 2 is 2.04 bits per heavy atom. The molecule has 1 N–H and O–H groups in total. The van der Waals surface area contributed by atoms with Gasteiger partial charge in [-0.2, -0.15) is 0 Å². The van der Waals surface area contributed by atoms with Crippen LogP contribution in [0.5, 0.6) is 0 Å². The summed E-state index contributed by atoms with van der Waals surface area (Å²) in [4.78, 5) is 16.9. The molecule has 0 bridgehead atoms. The van der Waals surface area contributed by atoms with Crippen molar-refractivity contribution in [2.45, 2.75) is 13.0 Å². The molecule has 2 aromatic heterocycles. The third-order valence-electron chi connectivity index (χ3n) is 3.96. The average Bonchev–Trinajstić information content (AvgIpc) is 2.99. The zero-order chi connectivity index (χ0) is 16.8. The molecule has 0 unspecified atom stereocenters. The number of carbonyl (C=O) groups excluding carboxylic acids is 1. The van der Waals surface area contributed by atoms with E-state index in [1.165, 1.54) is 0 Å². The number of methoxy groups -OCH3 is 1. The van der Waals surface area contributed by atoms with Crippen molar-refractivity contribution >= 4 is 16.8 Å². The molecule has 0 atom stereocenters. The summed E-state index contributed by atoms with van der Waals surface area (Å²) in [6, 6.07) is 15.7. The Hall–Kier alpha value is -2.66. The Kier molecular flexibility index (Phi) is 5.23. The van der Waals surface area contributed by atoms with Gasteiger partial charge in [0.2, 0.25) is 0 Å². The van der Waals surface area contributed by atoms with Gasteiger partial charge < -0.3 is 14.6 Å². The fourth-order valence-electron chi connectivity index (χ4n) is 2.76. The van der Waals surface area contributed by atoms with E-state index >= 15 is 0 Å². The molecule has 0 saturated heterocycles. The third kappa shape index (κ3) is 3.63. The van der Waals surface area contributed by atoms with Gasteiger partial charge in [-0.3, -0.25) is 9.78 Å². The van der Waals surface area contributed by atoms with Gasteiger partial charge in [0.05, 0.1) is 6.61 Å². The number of hydrogen-bond acceptors (Lipinski definition) is 3.